The van der Waals surface area contributed by atoms with E-state index in [4.69, 9.17) is 0 Å². The van der Waals surface area contributed by atoms with E-state index < -0.39 is 29.2 Å². The fourth-order valence-corrected chi connectivity index (χ4v) is 0.894. The lowest BCUT2D eigenvalue weighted by Crippen LogP contribution is -2.25. The number of carbonyl (C=O) groups is 1. The summed E-state index contributed by atoms with van der Waals surface area (Å²) in [7, 11) is 0. The van der Waals surface area contributed by atoms with Crippen molar-refractivity contribution in [1.29, 1.82) is 0 Å². The van der Waals surface area contributed by atoms with E-state index in [1.54, 1.807) is 0 Å². The van der Waals surface area contributed by atoms with Gasteiger partial charge in [-0.2, -0.15) is 13.8 Å². The van der Waals surface area contributed by atoms with Crippen molar-refractivity contribution in [3.05, 3.63) is 42.0 Å². The van der Waals surface area contributed by atoms with Crippen molar-refractivity contribution in [1.82, 2.24) is 10.3 Å². The molecule has 0 fully saturated rings. The van der Waals surface area contributed by atoms with Crippen LogP contribution in [0.25, 0.3) is 0 Å². The summed E-state index contributed by atoms with van der Waals surface area (Å²) < 4.78 is 38.1. The molecule has 0 saturated carbocycles. The van der Waals surface area contributed by atoms with E-state index in [1.807, 2.05) is 0 Å². The highest BCUT2D eigenvalue weighted by molar-refractivity contribution is 5.94. The highest BCUT2D eigenvalue weighted by Gasteiger charge is 2.17. The molecule has 1 rings (SSSR count). The van der Waals surface area contributed by atoms with E-state index >= 15 is 0 Å². The smallest absolute Gasteiger partial charge is 0.254 e. The van der Waals surface area contributed by atoms with E-state index in [-0.39, 0.29) is 6.54 Å². The zero-order valence-corrected chi connectivity index (χ0v) is 7.56. The summed E-state index contributed by atoms with van der Waals surface area (Å²) in [5, 5.41) is 2.19. The molecule has 0 saturated heterocycles. The number of rotatable bonds is 3. The highest BCUT2D eigenvalue weighted by Crippen LogP contribution is 2.10. The van der Waals surface area contributed by atoms with Gasteiger partial charge in [-0.15, -0.1) is 6.58 Å². The van der Waals surface area contributed by atoms with E-state index in [1.165, 1.54) is 6.08 Å². The van der Waals surface area contributed by atoms with Crippen LogP contribution in [0.4, 0.5) is 13.2 Å². The number of halogens is 3. The third kappa shape index (κ3) is 2.55. The molecule has 6 heteroatoms. The zero-order chi connectivity index (χ0) is 11.4. The Morgan fingerprint density at radius 1 is 1.53 bits per heavy atom. The summed E-state index contributed by atoms with van der Waals surface area (Å²) in [6, 6.07) is 0.525. The Labute approximate surface area is 83.6 Å². The predicted octanol–water partition coefficient (Wildman–Crippen LogP) is 1.41. The minimum atomic E-state index is -1.64. The van der Waals surface area contributed by atoms with Crippen molar-refractivity contribution in [2.24, 2.45) is 0 Å². The van der Waals surface area contributed by atoms with E-state index in [0.717, 1.165) is 0 Å². The largest absolute Gasteiger partial charge is 0.348 e. The van der Waals surface area contributed by atoms with Crippen molar-refractivity contribution >= 4 is 5.91 Å². The predicted molar refractivity (Wildman–Crippen MR) is 46.6 cm³/mol. The molecule has 0 aliphatic heterocycles. The average Bonchev–Trinajstić information content (AvgIpc) is 2.19. The first-order chi connectivity index (χ1) is 7.06. The van der Waals surface area contributed by atoms with Crippen LogP contribution >= 0.6 is 0 Å². The number of nitrogens with one attached hydrogen (secondary N) is 1. The Kier molecular flexibility index (Phi) is 3.43. The van der Waals surface area contributed by atoms with Crippen LogP contribution in [0.3, 0.4) is 0 Å². The fourth-order valence-electron chi connectivity index (χ4n) is 0.894. The molecule has 0 aromatic carbocycles. The molecule has 0 aliphatic carbocycles. The molecule has 1 aromatic heterocycles. The van der Waals surface area contributed by atoms with Gasteiger partial charge in [0.25, 0.3) is 11.9 Å². The molecule has 0 spiro atoms. The maximum atomic E-state index is 13.0. The number of hydrogen-bond acceptors (Lipinski definition) is 2. The number of amides is 1. The number of pyridine rings is 1. The molecular formula is C9H7F3N2O. The van der Waals surface area contributed by atoms with Crippen LogP contribution in [0.2, 0.25) is 0 Å². The molecular weight excluding hydrogens is 209 g/mol. The van der Waals surface area contributed by atoms with Gasteiger partial charge in [-0.05, 0) is 0 Å². The van der Waals surface area contributed by atoms with Crippen LogP contribution in [0, 0.1) is 17.7 Å². The number of nitrogens with zero attached hydrogens (tertiary/aromatic N) is 1. The van der Waals surface area contributed by atoms with Crippen molar-refractivity contribution in [3.63, 3.8) is 0 Å². The zero-order valence-electron chi connectivity index (χ0n) is 7.56. The first-order valence-corrected chi connectivity index (χ1v) is 3.97. The fraction of sp³-hybridized carbons (Fsp3) is 0.111. The van der Waals surface area contributed by atoms with Gasteiger partial charge in [0.1, 0.15) is 0 Å². The second-order valence-corrected chi connectivity index (χ2v) is 2.60. The maximum Gasteiger partial charge on any atom is 0.254 e. The van der Waals surface area contributed by atoms with E-state index in [2.05, 4.69) is 16.9 Å². The first kappa shape index (κ1) is 11.2. The molecule has 0 unspecified atom stereocenters. The van der Waals surface area contributed by atoms with Gasteiger partial charge in [-0.3, -0.25) is 4.79 Å². The molecule has 15 heavy (non-hydrogen) atoms. The Morgan fingerprint density at radius 3 is 2.80 bits per heavy atom. The maximum absolute atomic E-state index is 13.0. The normalized spacial score (nSPS) is 9.80. The number of hydrogen-bond donors (Lipinski definition) is 1. The standard InChI is InChI=1S/C9H7F3N2O/c1-2-3-13-9(15)5-4-6(10)14-8(12)7(5)11/h2,4H,1,3H2,(H,13,15). The minimum absolute atomic E-state index is 0.0732. The second kappa shape index (κ2) is 4.59. The molecule has 80 valence electrons. The van der Waals surface area contributed by atoms with Gasteiger partial charge in [0, 0.05) is 12.6 Å². The van der Waals surface area contributed by atoms with E-state index in [0.29, 0.717) is 6.07 Å². The van der Waals surface area contributed by atoms with Gasteiger partial charge in [-0.25, -0.2) is 4.39 Å². The Balaban J connectivity index is 3.02. The quantitative estimate of drug-likeness (QED) is 0.613. The lowest BCUT2D eigenvalue weighted by Gasteiger charge is -2.03. The van der Waals surface area contributed by atoms with Gasteiger partial charge in [0.05, 0.1) is 5.56 Å². The first-order valence-electron chi connectivity index (χ1n) is 3.97. The molecule has 0 atom stereocenters. The molecule has 3 nitrogen and oxygen atoms in total. The van der Waals surface area contributed by atoms with Gasteiger partial charge < -0.3 is 5.32 Å². The summed E-state index contributed by atoms with van der Waals surface area (Å²) >= 11 is 0. The molecule has 0 radical (unpaired) electrons. The Bertz CT molecular complexity index is 407. The van der Waals surface area contributed by atoms with Gasteiger partial charge in [0.15, 0.2) is 5.82 Å². The highest BCUT2D eigenvalue weighted by atomic mass is 19.2. The van der Waals surface area contributed by atoms with Gasteiger partial charge in [0.2, 0.25) is 5.95 Å². The van der Waals surface area contributed by atoms with Crippen LogP contribution in [-0.4, -0.2) is 17.4 Å². The van der Waals surface area contributed by atoms with Crippen LogP contribution < -0.4 is 5.32 Å². The van der Waals surface area contributed by atoms with E-state index in [9.17, 15) is 18.0 Å². The van der Waals surface area contributed by atoms with Crippen LogP contribution in [0.1, 0.15) is 10.4 Å². The molecule has 1 amide bonds. The summed E-state index contributed by atoms with van der Waals surface area (Å²) in [5.74, 6) is -5.29. The molecule has 0 bridgehead atoms. The van der Waals surface area contributed by atoms with Crippen molar-refractivity contribution in [3.8, 4) is 0 Å². The molecule has 1 aromatic rings. The van der Waals surface area contributed by atoms with Crippen LogP contribution in [0.15, 0.2) is 18.7 Å². The van der Waals surface area contributed by atoms with Crippen LogP contribution in [-0.2, 0) is 0 Å². The van der Waals surface area contributed by atoms with Gasteiger partial charge >= 0.3 is 0 Å². The van der Waals surface area contributed by atoms with Crippen molar-refractivity contribution in [2.75, 3.05) is 6.54 Å². The number of carbonyl (C=O) groups excluding carboxylic acids is 1. The average molecular weight is 216 g/mol. The molecule has 0 aliphatic rings. The summed E-state index contributed by atoms with van der Waals surface area (Å²) in [6.45, 7) is 3.39. The minimum Gasteiger partial charge on any atom is -0.348 e. The van der Waals surface area contributed by atoms with Crippen molar-refractivity contribution < 1.29 is 18.0 Å². The third-order valence-electron chi connectivity index (χ3n) is 1.54. The molecule has 1 heterocycles. The second-order valence-electron chi connectivity index (χ2n) is 2.60. The molecule has 1 N–H and O–H groups in total. The summed E-state index contributed by atoms with van der Waals surface area (Å²) in [4.78, 5) is 13.8. The van der Waals surface area contributed by atoms with Gasteiger partial charge in [-0.1, -0.05) is 6.08 Å². The van der Waals surface area contributed by atoms with Crippen LogP contribution in [0.5, 0.6) is 0 Å². The summed E-state index contributed by atoms with van der Waals surface area (Å²) in [5.41, 5.74) is -0.721. The summed E-state index contributed by atoms with van der Waals surface area (Å²) in [6.07, 6.45) is 1.35. The van der Waals surface area contributed by atoms with Crippen molar-refractivity contribution in [2.45, 2.75) is 0 Å². The number of aromatic nitrogens is 1. The topological polar surface area (TPSA) is 42.0 Å². The Morgan fingerprint density at radius 2 is 2.20 bits per heavy atom. The monoisotopic (exact) mass is 216 g/mol. The Hall–Kier alpha value is -1.85. The lowest BCUT2D eigenvalue weighted by molar-refractivity contribution is 0.0951. The lowest BCUT2D eigenvalue weighted by atomic mass is 10.2. The SMILES string of the molecule is C=CCNC(=O)c1cc(F)nc(F)c1F. The third-order valence-corrected chi connectivity index (χ3v) is 1.54.